The molecule has 0 radical (unpaired) electrons. The predicted molar refractivity (Wildman–Crippen MR) is 77.0 cm³/mol. The Morgan fingerprint density at radius 3 is 2.77 bits per heavy atom. The first-order valence-electron chi connectivity index (χ1n) is 6.26. The molecule has 0 aliphatic carbocycles. The molecule has 9 heteroatoms. The van der Waals surface area contributed by atoms with Crippen molar-refractivity contribution in [3.05, 3.63) is 56.5 Å². The summed E-state index contributed by atoms with van der Waals surface area (Å²) in [5, 5.41) is 22.3. The number of hydrazone groups is 1. The molecule has 0 amide bonds. The molecule has 0 atom stereocenters. The first kappa shape index (κ1) is 15.4. The Morgan fingerprint density at radius 1 is 1.36 bits per heavy atom. The number of aliphatic hydroxyl groups is 1. The highest BCUT2D eigenvalue weighted by molar-refractivity contribution is 5.82. The van der Waals surface area contributed by atoms with Gasteiger partial charge in [0.15, 0.2) is 0 Å². The number of benzene rings is 1. The maximum absolute atomic E-state index is 13.8. The van der Waals surface area contributed by atoms with Crippen molar-refractivity contribution in [3.63, 3.8) is 0 Å². The van der Waals surface area contributed by atoms with E-state index in [2.05, 4.69) is 10.5 Å². The molecular weight excluding hydrogens is 295 g/mol. The van der Waals surface area contributed by atoms with Crippen molar-refractivity contribution in [1.82, 2.24) is 15.0 Å². The second-order valence-corrected chi connectivity index (χ2v) is 4.17. The Labute approximate surface area is 123 Å². The van der Waals surface area contributed by atoms with Crippen LogP contribution in [0, 0.1) is 5.82 Å². The van der Waals surface area contributed by atoms with Crippen LogP contribution in [-0.4, -0.2) is 39.1 Å². The summed E-state index contributed by atoms with van der Waals surface area (Å²) in [6, 6.07) is 5.29. The van der Waals surface area contributed by atoms with Gasteiger partial charge < -0.3 is 15.6 Å². The van der Waals surface area contributed by atoms with Gasteiger partial charge in [0, 0.05) is 0 Å². The van der Waals surface area contributed by atoms with Crippen molar-refractivity contribution in [2.24, 2.45) is 5.10 Å². The van der Waals surface area contributed by atoms with E-state index in [9.17, 15) is 19.1 Å². The molecule has 116 valence electrons. The SMILES string of the molecule is O=c1[nH]c(=O)n(-c2ccccc2F)c(O)c1C=NNCCO. The molecule has 0 aliphatic rings. The van der Waals surface area contributed by atoms with Gasteiger partial charge in [0.2, 0.25) is 5.88 Å². The van der Waals surface area contributed by atoms with Crippen molar-refractivity contribution < 1.29 is 14.6 Å². The van der Waals surface area contributed by atoms with Crippen LogP contribution in [0.25, 0.3) is 5.69 Å². The first-order chi connectivity index (χ1) is 10.6. The molecule has 1 aromatic heterocycles. The predicted octanol–water partition coefficient (Wildman–Crippen LogP) is -0.714. The average Bonchev–Trinajstić information content (AvgIpc) is 2.48. The summed E-state index contributed by atoms with van der Waals surface area (Å²) in [5.41, 5.74) is 0.0333. The van der Waals surface area contributed by atoms with Crippen LogP contribution in [0.15, 0.2) is 39.0 Å². The summed E-state index contributed by atoms with van der Waals surface area (Å²) >= 11 is 0. The zero-order valence-electron chi connectivity index (χ0n) is 11.3. The van der Waals surface area contributed by atoms with E-state index < -0.39 is 22.9 Å². The molecular formula is C13H13FN4O4. The number of aromatic hydroxyl groups is 1. The van der Waals surface area contributed by atoms with Gasteiger partial charge >= 0.3 is 5.69 Å². The minimum Gasteiger partial charge on any atom is -0.493 e. The lowest BCUT2D eigenvalue weighted by molar-refractivity contribution is 0.294. The average molecular weight is 308 g/mol. The van der Waals surface area contributed by atoms with Crippen molar-refractivity contribution in [2.45, 2.75) is 0 Å². The number of H-pyrrole nitrogens is 1. The molecule has 1 heterocycles. The summed E-state index contributed by atoms with van der Waals surface area (Å²) in [4.78, 5) is 25.5. The van der Waals surface area contributed by atoms with Gasteiger partial charge in [-0.3, -0.25) is 9.78 Å². The molecule has 0 spiro atoms. The van der Waals surface area contributed by atoms with Crippen molar-refractivity contribution in [2.75, 3.05) is 13.2 Å². The fourth-order valence-corrected chi connectivity index (χ4v) is 1.74. The number of para-hydroxylation sites is 1. The molecule has 2 aromatic rings. The third-order valence-corrected chi connectivity index (χ3v) is 2.72. The molecule has 0 aliphatic heterocycles. The van der Waals surface area contributed by atoms with Gasteiger partial charge in [0.25, 0.3) is 5.56 Å². The zero-order valence-corrected chi connectivity index (χ0v) is 11.3. The second-order valence-electron chi connectivity index (χ2n) is 4.17. The molecule has 4 N–H and O–H groups in total. The van der Waals surface area contributed by atoms with Gasteiger partial charge in [0.05, 0.1) is 25.1 Å². The van der Waals surface area contributed by atoms with Gasteiger partial charge in [-0.2, -0.15) is 5.10 Å². The van der Waals surface area contributed by atoms with Gasteiger partial charge in [-0.25, -0.2) is 13.8 Å². The van der Waals surface area contributed by atoms with E-state index in [-0.39, 0.29) is 24.4 Å². The minimum absolute atomic E-state index is 0.141. The summed E-state index contributed by atoms with van der Waals surface area (Å²) in [6.45, 7) is -0.0312. The van der Waals surface area contributed by atoms with E-state index in [1.54, 1.807) is 0 Å². The van der Waals surface area contributed by atoms with Gasteiger partial charge in [-0.05, 0) is 12.1 Å². The van der Waals surface area contributed by atoms with Crippen LogP contribution in [0.5, 0.6) is 5.88 Å². The number of hydrogen-bond acceptors (Lipinski definition) is 6. The number of aliphatic hydroxyl groups excluding tert-OH is 1. The summed E-state index contributed by atoms with van der Waals surface area (Å²) in [6.07, 6.45) is 0.973. The molecule has 0 fully saturated rings. The largest absolute Gasteiger partial charge is 0.493 e. The standard InChI is InChI=1S/C13H13FN4O4/c14-9-3-1-2-4-10(9)18-12(21)8(7-16-15-5-6-19)11(20)17-13(18)22/h1-4,7,15,19,21H,5-6H2,(H,17,20,22). The van der Waals surface area contributed by atoms with Crippen LogP contribution >= 0.6 is 0 Å². The summed E-state index contributed by atoms with van der Waals surface area (Å²) in [7, 11) is 0. The highest BCUT2D eigenvalue weighted by atomic mass is 19.1. The smallest absolute Gasteiger partial charge is 0.335 e. The molecule has 0 saturated carbocycles. The third kappa shape index (κ3) is 3.04. The molecule has 0 unspecified atom stereocenters. The van der Waals surface area contributed by atoms with Crippen LogP contribution in [0.4, 0.5) is 4.39 Å². The van der Waals surface area contributed by atoms with Crippen LogP contribution in [0.2, 0.25) is 0 Å². The molecule has 8 nitrogen and oxygen atoms in total. The molecule has 0 saturated heterocycles. The van der Waals surface area contributed by atoms with E-state index in [0.29, 0.717) is 4.57 Å². The highest BCUT2D eigenvalue weighted by Crippen LogP contribution is 2.17. The fourth-order valence-electron chi connectivity index (χ4n) is 1.74. The van der Waals surface area contributed by atoms with E-state index in [0.717, 1.165) is 12.3 Å². The van der Waals surface area contributed by atoms with Crippen molar-refractivity contribution >= 4 is 6.21 Å². The number of aromatic nitrogens is 2. The lowest BCUT2D eigenvalue weighted by Gasteiger charge is -2.10. The molecule has 22 heavy (non-hydrogen) atoms. The summed E-state index contributed by atoms with van der Waals surface area (Å²) < 4.78 is 14.4. The normalized spacial score (nSPS) is 11.0. The number of hydrogen-bond donors (Lipinski definition) is 4. The molecule has 2 rings (SSSR count). The third-order valence-electron chi connectivity index (χ3n) is 2.72. The van der Waals surface area contributed by atoms with E-state index in [4.69, 9.17) is 5.11 Å². The van der Waals surface area contributed by atoms with Gasteiger partial charge in [-0.15, -0.1) is 0 Å². The minimum atomic E-state index is -0.979. The maximum atomic E-state index is 13.8. The first-order valence-corrected chi connectivity index (χ1v) is 6.26. The quantitative estimate of drug-likeness (QED) is 0.330. The molecule has 1 aromatic carbocycles. The van der Waals surface area contributed by atoms with Crippen LogP contribution < -0.4 is 16.7 Å². The zero-order chi connectivity index (χ0) is 16.1. The monoisotopic (exact) mass is 308 g/mol. The second kappa shape index (κ2) is 6.68. The lowest BCUT2D eigenvalue weighted by atomic mass is 10.2. The number of nitrogens with one attached hydrogen (secondary N) is 2. The topological polar surface area (TPSA) is 120 Å². The number of aromatic amines is 1. The Morgan fingerprint density at radius 2 is 2.09 bits per heavy atom. The summed E-state index contributed by atoms with van der Waals surface area (Å²) in [5.74, 6) is -1.48. The van der Waals surface area contributed by atoms with Gasteiger partial charge in [-0.1, -0.05) is 12.1 Å². The van der Waals surface area contributed by atoms with Crippen molar-refractivity contribution in [3.8, 4) is 11.6 Å². The Kier molecular flexibility index (Phi) is 4.69. The Hall–Kier alpha value is -2.94. The van der Waals surface area contributed by atoms with Crippen LogP contribution in [0.3, 0.4) is 0 Å². The van der Waals surface area contributed by atoms with Crippen LogP contribution in [-0.2, 0) is 0 Å². The van der Waals surface area contributed by atoms with E-state index in [1.165, 1.54) is 18.2 Å². The number of nitrogens with zero attached hydrogens (tertiary/aromatic N) is 2. The highest BCUT2D eigenvalue weighted by Gasteiger charge is 2.16. The maximum Gasteiger partial charge on any atom is 0.335 e. The Bertz CT molecular complexity index is 812. The molecule has 0 bridgehead atoms. The van der Waals surface area contributed by atoms with Crippen molar-refractivity contribution in [1.29, 1.82) is 0 Å². The number of halogens is 1. The fraction of sp³-hybridized carbons (Fsp3) is 0.154. The number of rotatable bonds is 5. The van der Waals surface area contributed by atoms with Crippen LogP contribution in [0.1, 0.15) is 5.56 Å². The Balaban J connectivity index is 2.57. The van der Waals surface area contributed by atoms with E-state index >= 15 is 0 Å². The van der Waals surface area contributed by atoms with E-state index in [1.807, 2.05) is 4.98 Å². The lowest BCUT2D eigenvalue weighted by Crippen LogP contribution is -2.32. The van der Waals surface area contributed by atoms with Gasteiger partial charge in [0.1, 0.15) is 11.4 Å².